The summed E-state index contributed by atoms with van der Waals surface area (Å²) in [5, 5.41) is 6.89. The van der Waals surface area contributed by atoms with E-state index in [0.717, 1.165) is 93.1 Å². The van der Waals surface area contributed by atoms with Crippen LogP contribution in [0.1, 0.15) is 48.8 Å². The number of hydrogen-bond donors (Lipinski definition) is 4. The number of nitrogen functional groups attached to an aromatic ring is 1. The van der Waals surface area contributed by atoms with Crippen molar-refractivity contribution in [1.29, 1.82) is 0 Å². The van der Waals surface area contributed by atoms with E-state index in [1.807, 2.05) is 42.8 Å². The van der Waals surface area contributed by atoms with E-state index < -0.39 is 11.6 Å². The zero-order valence-corrected chi connectivity index (χ0v) is 31.4. The summed E-state index contributed by atoms with van der Waals surface area (Å²) in [4.78, 5) is 14.3. The van der Waals surface area contributed by atoms with Gasteiger partial charge in [0.2, 0.25) is 0 Å². The molecule has 278 valence electrons. The van der Waals surface area contributed by atoms with E-state index in [1.165, 1.54) is 41.2 Å². The number of rotatable bonds is 11. The van der Waals surface area contributed by atoms with Crippen LogP contribution in [0.3, 0.4) is 0 Å². The lowest BCUT2D eigenvalue weighted by molar-refractivity contribution is 0.291. The highest BCUT2D eigenvalue weighted by atomic mass is 32.2. The molecule has 9 nitrogen and oxygen atoms in total. The molecular weight excluding hydrogens is 689 g/mol. The van der Waals surface area contributed by atoms with Crippen molar-refractivity contribution in [3.05, 3.63) is 108 Å². The van der Waals surface area contributed by atoms with Crippen molar-refractivity contribution >= 4 is 46.4 Å². The van der Waals surface area contributed by atoms with Gasteiger partial charge in [-0.15, -0.1) is 0 Å². The first kappa shape index (κ1) is 36.5. The summed E-state index contributed by atoms with van der Waals surface area (Å²) in [5.41, 5.74) is 13.8. The van der Waals surface area contributed by atoms with Crippen molar-refractivity contribution in [2.75, 3.05) is 78.9 Å². The van der Waals surface area contributed by atoms with Crippen LogP contribution in [0.2, 0.25) is 0 Å². The number of nitrogens with one attached hydrogen (secondary N) is 3. The predicted molar refractivity (Wildman–Crippen MR) is 217 cm³/mol. The van der Waals surface area contributed by atoms with Crippen LogP contribution < -0.4 is 26.0 Å². The first-order valence-corrected chi connectivity index (χ1v) is 19.3. The summed E-state index contributed by atoms with van der Waals surface area (Å²) in [6, 6.07) is 15.0. The van der Waals surface area contributed by atoms with E-state index in [1.54, 1.807) is 0 Å². The van der Waals surface area contributed by atoms with Gasteiger partial charge in [0, 0.05) is 110 Å². The predicted octanol–water partition coefficient (Wildman–Crippen LogP) is 8.24. The number of benzene rings is 2. The summed E-state index contributed by atoms with van der Waals surface area (Å²) in [6.07, 6.45) is 7.99. The van der Waals surface area contributed by atoms with Crippen molar-refractivity contribution < 1.29 is 8.78 Å². The number of anilines is 5. The zero-order valence-electron chi connectivity index (χ0n) is 30.6. The van der Waals surface area contributed by atoms with E-state index in [0.29, 0.717) is 23.9 Å². The van der Waals surface area contributed by atoms with E-state index in [-0.39, 0.29) is 17.2 Å². The molecule has 0 radical (unpaired) electrons. The van der Waals surface area contributed by atoms with Crippen LogP contribution in [-0.2, 0) is 6.42 Å². The van der Waals surface area contributed by atoms with Crippen LogP contribution in [0.5, 0.6) is 0 Å². The summed E-state index contributed by atoms with van der Waals surface area (Å²) >= 11 is 1.26. The van der Waals surface area contributed by atoms with Crippen molar-refractivity contribution in [2.45, 2.75) is 38.5 Å². The Hall–Kier alpha value is -4.81. The maximum atomic E-state index is 15.7. The number of fused-ring (bicyclic) bond motifs is 2. The van der Waals surface area contributed by atoms with Crippen molar-refractivity contribution in [1.82, 2.24) is 19.2 Å². The van der Waals surface area contributed by atoms with Gasteiger partial charge in [-0.2, -0.15) is 0 Å². The smallest absolute Gasteiger partial charge is 0.157 e. The Morgan fingerprint density at radius 1 is 1.00 bits per heavy atom. The summed E-state index contributed by atoms with van der Waals surface area (Å²) in [5.74, 6) is 0.580. The van der Waals surface area contributed by atoms with E-state index >= 15 is 8.78 Å². The SMILES string of the molecule is C=C(c1c(F)ccc(NSN(C)CC)c1F)C1CNc2ncc(-c3ccc(N4CCN(C(=C)CC5CCNc6ccc(N)cc6CC5)CC4)nc3)cc21. The van der Waals surface area contributed by atoms with Gasteiger partial charge in [-0.3, -0.25) is 0 Å². The first-order valence-electron chi connectivity index (χ1n) is 18.5. The highest BCUT2D eigenvalue weighted by molar-refractivity contribution is 7.98. The van der Waals surface area contributed by atoms with Crippen LogP contribution >= 0.6 is 12.1 Å². The number of pyridine rings is 2. The maximum Gasteiger partial charge on any atom is 0.157 e. The molecule has 5 heterocycles. The van der Waals surface area contributed by atoms with Crippen LogP contribution in [0.4, 0.5) is 37.5 Å². The third kappa shape index (κ3) is 8.08. The fourth-order valence-corrected chi connectivity index (χ4v) is 8.08. The molecule has 2 atom stereocenters. The molecule has 1 saturated heterocycles. The Labute approximate surface area is 316 Å². The zero-order chi connectivity index (χ0) is 37.1. The molecule has 0 bridgehead atoms. The minimum absolute atomic E-state index is 0.108. The minimum Gasteiger partial charge on any atom is -0.399 e. The second kappa shape index (κ2) is 16.1. The molecule has 12 heteroatoms. The Morgan fingerprint density at radius 3 is 2.58 bits per heavy atom. The molecule has 2 aromatic carbocycles. The largest absolute Gasteiger partial charge is 0.399 e. The molecule has 0 saturated carbocycles. The topological polar surface area (TPSA) is 97.6 Å². The van der Waals surface area contributed by atoms with Gasteiger partial charge in [0.05, 0.1) is 11.3 Å². The standard InChI is InChI=1S/C41H49F2N9S/c1-5-50(4)53-49-37-12-10-35(42)39(40(37)43)27(3)34-25-48-41-33(34)22-31(24-47-41)30-8-13-38(46-23-30)52-18-16-51(17-19-52)26(2)20-28-6-7-29-21-32(44)9-11-36(29)45-15-14-28/h8-13,21-24,28,34,45,49H,2-3,5-7,14-20,25,44H2,1,4H3,(H,47,48). The quantitative estimate of drug-likeness (QED) is 0.0891. The second-order valence-corrected chi connectivity index (χ2v) is 15.2. The summed E-state index contributed by atoms with van der Waals surface area (Å²) in [6.45, 7) is 16.4. The van der Waals surface area contributed by atoms with Gasteiger partial charge in [-0.05, 0) is 98.3 Å². The van der Waals surface area contributed by atoms with Crippen LogP contribution in [-0.4, -0.2) is 72.0 Å². The van der Waals surface area contributed by atoms with Gasteiger partial charge in [0.1, 0.15) is 17.5 Å². The van der Waals surface area contributed by atoms with Gasteiger partial charge in [0.25, 0.3) is 0 Å². The Kier molecular flexibility index (Phi) is 11.1. The number of nitrogens with zero attached hydrogens (tertiary/aromatic N) is 5. The monoisotopic (exact) mass is 737 g/mol. The molecule has 7 rings (SSSR count). The van der Waals surface area contributed by atoms with E-state index in [4.69, 9.17) is 10.7 Å². The third-order valence-electron chi connectivity index (χ3n) is 10.8. The van der Waals surface area contributed by atoms with E-state index in [9.17, 15) is 0 Å². The van der Waals surface area contributed by atoms with E-state index in [2.05, 4.69) is 67.6 Å². The van der Waals surface area contributed by atoms with Crippen molar-refractivity contribution in [3.63, 3.8) is 0 Å². The molecule has 0 spiro atoms. The number of aromatic nitrogens is 2. The molecule has 1 fully saturated rings. The van der Waals surface area contributed by atoms with Gasteiger partial charge in [-0.1, -0.05) is 20.1 Å². The lowest BCUT2D eigenvalue weighted by Gasteiger charge is -2.38. The average molecular weight is 738 g/mol. The van der Waals surface area contributed by atoms with Crippen LogP contribution in [0.15, 0.2) is 79.8 Å². The van der Waals surface area contributed by atoms with Gasteiger partial charge in [-0.25, -0.2) is 23.1 Å². The molecule has 0 aliphatic carbocycles. The third-order valence-corrected chi connectivity index (χ3v) is 11.7. The molecule has 4 aromatic rings. The highest BCUT2D eigenvalue weighted by Gasteiger charge is 2.31. The molecule has 3 aliphatic heterocycles. The molecule has 2 aromatic heterocycles. The fourth-order valence-electron chi connectivity index (χ4n) is 7.53. The molecule has 5 N–H and O–H groups in total. The normalized spacial score (nSPS) is 18.4. The summed E-state index contributed by atoms with van der Waals surface area (Å²) in [7, 11) is 1.89. The van der Waals surface area contributed by atoms with Crippen molar-refractivity contribution in [2.24, 2.45) is 5.92 Å². The Bertz CT molecular complexity index is 1960. The fraction of sp³-hybridized carbons (Fsp3) is 0.366. The number of hydrogen-bond acceptors (Lipinski definition) is 10. The molecule has 53 heavy (non-hydrogen) atoms. The van der Waals surface area contributed by atoms with Gasteiger partial charge >= 0.3 is 0 Å². The van der Waals surface area contributed by atoms with Crippen LogP contribution in [0, 0.1) is 17.6 Å². The van der Waals surface area contributed by atoms with Crippen LogP contribution in [0.25, 0.3) is 16.7 Å². The van der Waals surface area contributed by atoms with Crippen molar-refractivity contribution in [3.8, 4) is 11.1 Å². The molecular formula is C41H49F2N9S. The Morgan fingerprint density at radius 2 is 1.81 bits per heavy atom. The number of nitrogens with two attached hydrogens (primary N) is 1. The number of allylic oxidation sites excluding steroid dienone is 1. The first-order chi connectivity index (χ1) is 25.7. The summed E-state index contributed by atoms with van der Waals surface area (Å²) < 4.78 is 35.7. The average Bonchev–Trinajstić information content (AvgIpc) is 3.60. The van der Waals surface area contributed by atoms with Gasteiger partial charge in [0.15, 0.2) is 5.82 Å². The minimum atomic E-state index is -0.653. The number of halogens is 2. The maximum absolute atomic E-state index is 15.7. The lowest BCUT2D eigenvalue weighted by atomic mass is 9.88. The highest BCUT2D eigenvalue weighted by Crippen LogP contribution is 2.43. The second-order valence-electron chi connectivity index (χ2n) is 14.2. The number of aryl methyl sites for hydroxylation is 1. The molecule has 2 unspecified atom stereocenters. The lowest BCUT2D eigenvalue weighted by Crippen LogP contribution is -2.46. The number of piperazine rings is 1. The van der Waals surface area contributed by atoms with Gasteiger partial charge < -0.3 is 30.9 Å². The molecule has 0 amide bonds. The molecule has 3 aliphatic rings. The Balaban J connectivity index is 0.962.